The second kappa shape index (κ2) is 5.21. The van der Waals surface area contributed by atoms with E-state index >= 15 is 0 Å². The number of nitrogens with two attached hydrogens (primary N) is 3. The summed E-state index contributed by atoms with van der Waals surface area (Å²) in [5, 5.41) is 0.916. The van der Waals surface area contributed by atoms with Crippen LogP contribution in [0.2, 0.25) is 0 Å². The predicted molar refractivity (Wildman–Crippen MR) is 75.4 cm³/mol. The van der Waals surface area contributed by atoms with Crippen molar-refractivity contribution in [1.82, 2.24) is 4.98 Å². The molecule has 0 aliphatic carbocycles. The van der Waals surface area contributed by atoms with Crippen LogP contribution < -0.4 is 21.9 Å². The van der Waals surface area contributed by atoms with Crippen molar-refractivity contribution < 1.29 is 4.74 Å². The van der Waals surface area contributed by atoms with Crippen molar-refractivity contribution in [2.75, 3.05) is 7.11 Å². The summed E-state index contributed by atoms with van der Waals surface area (Å²) < 4.78 is 5.06. The fraction of sp³-hybridized carbons (Fsp3) is 0.0833. The van der Waals surface area contributed by atoms with Crippen LogP contribution in [0.25, 0.3) is 10.9 Å². The number of aliphatic imine (C=N–C) groups is 2. The minimum Gasteiger partial charge on any atom is -0.481 e. The van der Waals surface area contributed by atoms with Crippen LogP contribution in [-0.2, 0) is 0 Å². The first kappa shape index (κ1) is 12.6. The molecule has 1 heterocycles. The summed E-state index contributed by atoms with van der Waals surface area (Å²) in [6, 6.07) is 9.08. The number of hydrogen-bond acceptors (Lipinski definition) is 3. The summed E-state index contributed by atoms with van der Waals surface area (Å²) in [7, 11) is 1.57. The third-order valence-electron chi connectivity index (χ3n) is 2.34. The van der Waals surface area contributed by atoms with Crippen molar-refractivity contribution in [3.8, 4) is 5.88 Å². The van der Waals surface area contributed by atoms with Crippen LogP contribution in [0.1, 0.15) is 0 Å². The van der Waals surface area contributed by atoms with Gasteiger partial charge in [0.15, 0.2) is 5.96 Å². The smallest absolute Gasteiger partial charge is 0.223 e. The molecular weight excluding hydrogens is 244 g/mol. The monoisotopic (exact) mass is 258 g/mol. The molecule has 0 saturated carbocycles. The highest BCUT2D eigenvalue weighted by Gasteiger charge is 2.00. The number of guanidine groups is 2. The van der Waals surface area contributed by atoms with Gasteiger partial charge in [-0.3, -0.25) is 0 Å². The molecule has 0 aliphatic rings. The van der Waals surface area contributed by atoms with Gasteiger partial charge in [0.25, 0.3) is 0 Å². The molecule has 2 rings (SSSR count). The number of benzene rings is 1. The molecule has 98 valence electrons. The van der Waals surface area contributed by atoms with Crippen molar-refractivity contribution in [2.45, 2.75) is 0 Å². The third-order valence-corrected chi connectivity index (χ3v) is 2.34. The molecule has 0 aliphatic heterocycles. The maximum Gasteiger partial charge on any atom is 0.223 e. The van der Waals surface area contributed by atoms with E-state index in [1.54, 1.807) is 19.2 Å². The average Bonchev–Trinajstić information content (AvgIpc) is 2.37. The van der Waals surface area contributed by atoms with Gasteiger partial charge in [-0.1, -0.05) is 0 Å². The zero-order chi connectivity index (χ0) is 13.8. The first-order valence-corrected chi connectivity index (χ1v) is 5.47. The Kier molecular flexibility index (Phi) is 3.46. The summed E-state index contributed by atoms with van der Waals surface area (Å²) in [5.41, 5.74) is 17.4. The number of aromatic nitrogens is 1. The van der Waals surface area contributed by atoms with E-state index in [1.165, 1.54) is 0 Å². The van der Waals surface area contributed by atoms with E-state index in [9.17, 15) is 0 Å². The lowest BCUT2D eigenvalue weighted by Crippen LogP contribution is -2.26. The van der Waals surface area contributed by atoms with E-state index in [-0.39, 0.29) is 11.9 Å². The van der Waals surface area contributed by atoms with Gasteiger partial charge >= 0.3 is 0 Å². The lowest BCUT2D eigenvalue weighted by molar-refractivity contribution is 0.399. The summed E-state index contributed by atoms with van der Waals surface area (Å²) in [5.74, 6) is 0.429. The molecule has 19 heavy (non-hydrogen) atoms. The standard InChI is InChI=1S/C12H14N6O/c1-19-10-5-2-7-6-8(3-4-9(7)17-10)16-12(15)18-11(13)14/h2-6H,1H3,(H6,13,14,15,16,18). The Morgan fingerprint density at radius 1 is 1.16 bits per heavy atom. The molecule has 2 aromatic rings. The van der Waals surface area contributed by atoms with E-state index < -0.39 is 0 Å². The van der Waals surface area contributed by atoms with E-state index in [2.05, 4.69) is 15.0 Å². The number of fused-ring (bicyclic) bond motifs is 1. The highest BCUT2D eigenvalue weighted by molar-refractivity contribution is 5.94. The Labute approximate surface area is 109 Å². The zero-order valence-corrected chi connectivity index (χ0v) is 10.4. The zero-order valence-electron chi connectivity index (χ0n) is 10.4. The SMILES string of the molecule is COc1ccc2cc(N=C(N)N=C(N)N)ccc2n1. The van der Waals surface area contributed by atoms with Crippen LogP contribution in [0.15, 0.2) is 40.3 Å². The molecule has 6 N–H and O–H groups in total. The second-order valence-electron chi connectivity index (χ2n) is 3.74. The number of rotatable bonds is 2. The van der Waals surface area contributed by atoms with Crippen molar-refractivity contribution in [3.63, 3.8) is 0 Å². The van der Waals surface area contributed by atoms with E-state index in [0.29, 0.717) is 11.6 Å². The van der Waals surface area contributed by atoms with Gasteiger partial charge in [-0.15, -0.1) is 0 Å². The minimum absolute atomic E-state index is 0.000760. The van der Waals surface area contributed by atoms with Gasteiger partial charge in [0.1, 0.15) is 0 Å². The normalized spacial score (nSPS) is 11.3. The van der Waals surface area contributed by atoms with E-state index in [4.69, 9.17) is 21.9 Å². The van der Waals surface area contributed by atoms with Crippen molar-refractivity contribution in [3.05, 3.63) is 30.3 Å². The lowest BCUT2D eigenvalue weighted by Gasteiger charge is -2.02. The van der Waals surface area contributed by atoms with Crippen LogP contribution in [0.5, 0.6) is 5.88 Å². The van der Waals surface area contributed by atoms with E-state index in [1.807, 2.05) is 18.2 Å². The van der Waals surface area contributed by atoms with Crippen LogP contribution in [-0.4, -0.2) is 24.0 Å². The molecule has 0 amide bonds. The first-order chi connectivity index (χ1) is 9.08. The first-order valence-electron chi connectivity index (χ1n) is 5.47. The quantitative estimate of drug-likeness (QED) is 0.533. The molecule has 1 aromatic carbocycles. The van der Waals surface area contributed by atoms with Gasteiger partial charge in [0.2, 0.25) is 11.8 Å². The molecule has 0 saturated heterocycles. The van der Waals surface area contributed by atoms with Gasteiger partial charge in [-0.2, -0.15) is 4.99 Å². The summed E-state index contributed by atoms with van der Waals surface area (Å²) in [6.45, 7) is 0. The van der Waals surface area contributed by atoms with Crippen LogP contribution in [0.3, 0.4) is 0 Å². The van der Waals surface area contributed by atoms with Gasteiger partial charge < -0.3 is 21.9 Å². The number of methoxy groups -OCH3 is 1. The predicted octanol–water partition coefficient (Wildman–Crippen LogP) is 0.463. The fourth-order valence-electron chi connectivity index (χ4n) is 1.57. The Morgan fingerprint density at radius 3 is 2.63 bits per heavy atom. The Hall–Kier alpha value is -2.83. The highest BCUT2D eigenvalue weighted by Crippen LogP contribution is 2.22. The maximum atomic E-state index is 5.56. The molecular formula is C12H14N6O. The molecule has 0 fully saturated rings. The van der Waals surface area contributed by atoms with E-state index in [0.717, 1.165) is 10.9 Å². The second-order valence-corrected chi connectivity index (χ2v) is 3.74. The summed E-state index contributed by atoms with van der Waals surface area (Å²) >= 11 is 0. The summed E-state index contributed by atoms with van der Waals surface area (Å²) in [4.78, 5) is 12.0. The number of ether oxygens (including phenoxy) is 1. The molecule has 7 nitrogen and oxygen atoms in total. The Morgan fingerprint density at radius 2 is 1.95 bits per heavy atom. The van der Waals surface area contributed by atoms with Crippen molar-refractivity contribution in [1.29, 1.82) is 0 Å². The van der Waals surface area contributed by atoms with Gasteiger partial charge in [-0.05, 0) is 24.3 Å². The molecule has 0 radical (unpaired) electrons. The number of nitrogens with zero attached hydrogens (tertiary/aromatic N) is 3. The number of hydrogen-bond donors (Lipinski definition) is 3. The molecule has 0 bridgehead atoms. The van der Waals surface area contributed by atoms with Crippen molar-refractivity contribution in [2.24, 2.45) is 27.2 Å². The average molecular weight is 258 g/mol. The van der Waals surface area contributed by atoms with Crippen molar-refractivity contribution >= 4 is 28.5 Å². The van der Waals surface area contributed by atoms with Crippen LogP contribution in [0.4, 0.5) is 5.69 Å². The third kappa shape index (κ3) is 3.09. The van der Waals surface area contributed by atoms with Gasteiger partial charge in [0.05, 0.1) is 18.3 Å². The molecule has 7 heteroatoms. The topological polar surface area (TPSA) is 125 Å². The highest BCUT2D eigenvalue weighted by atomic mass is 16.5. The lowest BCUT2D eigenvalue weighted by atomic mass is 10.2. The Bertz CT molecular complexity index is 660. The molecule has 0 unspecified atom stereocenters. The van der Waals surface area contributed by atoms with Gasteiger partial charge in [0, 0.05) is 11.5 Å². The Balaban J connectivity index is 2.40. The summed E-state index contributed by atoms with van der Waals surface area (Å²) in [6.07, 6.45) is 0. The van der Waals surface area contributed by atoms with Gasteiger partial charge in [-0.25, -0.2) is 9.98 Å². The molecule has 0 spiro atoms. The molecule has 1 aromatic heterocycles. The minimum atomic E-state index is -0.131. The molecule has 0 atom stereocenters. The number of pyridine rings is 1. The largest absolute Gasteiger partial charge is 0.481 e. The van der Waals surface area contributed by atoms with Crippen LogP contribution in [0, 0.1) is 0 Å². The maximum absolute atomic E-state index is 5.56. The van der Waals surface area contributed by atoms with Crippen LogP contribution >= 0.6 is 0 Å². The fourth-order valence-corrected chi connectivity index (χ4v) is 1.57.